The minimum absolute atomic E-state index is 0. The number of aromatic hydroxyl groups is 4. The first-order chi connectivity index (χ1) is 39.9. The molecule has 12 atom stereocenters. The summed E-state index contributed by atoms with van der Waals surface area (Å²) in [5, 5.41) is 76.1. The zero-order chi connectivity index (χ0) is 60.4. The van der Waals surface area contributed by atoms with Gasteiger partial charge in [-0.3, -0.25) is 34.0 Å². The number of ether oxygens (including phenoxy) is 4. The number of nitriles is 2. The van der Waals surface area contributed by atoms with Gasteiger partial charge in [-0.2, -0.15) is 10.5 Å². The first-order valence-corrected chi connectivity index (χ1v) is 29.2. The molecule has 9 N–H and O–H groups in total. The zero-order valence-electron chi connectivity index (χ0n) is 51.1. The largest absolute Gasteiger partial charge is 0.507 e. The van der Waals surface area contributed by atoms with E-state index in [0.717, 1.165) is 55.6 Å². The SMILES string of the molecule is Cc1cc2c(c(O)c1C)[C@@H]1C3Cc4c(O)c(C)c5c(c4[C@H](CNC(=O)[C@@H](C)N)N3[C@@H](C#N)[C@H](C2)N1C)OCO5.Cc1cc2c(c(O)c1C)[C@@H]1C3Cc4c(O)c(C)c5c(c4[C@H](CNC(=O)[C@@H](C)NC(=O)CC(C)C)N3[C@@H](C#N)[C@H](C2)N1C)OCO5.[Ac].[Ac]. The van der Waals surface area contributed by atoms with Gasteiger partial charge in [-0.1, -0.05) is 26.0 Å². The van der Waals surface area contributed by atoms with Gasteiger partial charge in [-0.05, 0) is 134 Å². The van der Waals surface area contributed by atoms with Crippen LogP contribution in [0.15, 0.2) is 12.1 Å². The van der Waals surface area contributed by atoms with E-state index in [0.29, 0.717) is 77.4 Å². The number of nitrogens with one attached hydrogen (secondary N) is 3. The molecule has 0 aromatic heterocycles. The predicted molar refractivity (Wildman–Crippen MR) is 309 cm³/mol. The van der Waals surface area contributed by atoms with Gasteiger partial charge < -0.3 is 61.1 Å². The standard InChI is InChI=1S/C34H43N5O6.C29H35N5O5.2Ac/c1-15(2)8-26(40)37-19(6)34(43)36-13-25-28-21(30(41)18(5)32-33(28)45-14-44-32)11-23-29-27-20(9-16(3)17(4)31(27)42)10-22(38(29)7)24(12-35)39(23)25;1-12-6-16-7-18-20(9-30)34-19(24(33(18)5)22(16)26(36)13(12)2)8-17-23(21(34)10-32-29(37)15(4)31)28-27(38-11-39-28)14(3)25(17)35;;/h9,15,19,22-25,29,41-42H,8,10-11,13-14H2,1-7H3,(H,36,43)(H,37,40);6,15,18-21,24,35-36H,7-8,10-11,31H2,1-5H3,(H,32,37);;/t19-,22+,23?,24+,25+,29+;15-,18+,19?,20+,21+,24+;;/m11../s1. The number of nitrogens with zero attached hydrogens (tertiary/aromatic N) is 6. The molecule has 4 bridgehead atoms. The number of piperazine rings is 2. The predicted octanol–water partition coefficient (Wildman–Crippen LogP) is 5.18. The van der Waals surface area contributed by atoms with Gasteiger partial charge in [0, 0.05) is 176 Å². The number of likely N-dealkylation sites (N-methyl/N-ethyl adjacent to an activating group) is 2. The molecule has 8 aliphatic heterocycles. The van der Waals surface area contributed by atoms with Gasteiger partial charge in [0.1, 0.15) is 41.1 Å². The molecular formula is C63H78Ac2N10O11. The van der Waals surface area contributed by atoms with Crippen LogP contribution in [-0.2, 0) is 40.1 Å². The van der Waals surface area contributed by atoms with E-state index in [1.807, 2.05) is 55.6 Å². The van der Waals surface area contributed by atoms with Crippen molar-refractivity contribution in [1.82, 2.24) is 35.6 Å². The normalized spacial score (nSPS) is 25.9. The molecular weight excluding hydrogens is 1530 g/mol. The molecule has 452 valence electrons. The van der Waals surface area contributed by atoms with E-state index < -0.39 is 36.3 Å². The topological polar surface area (TPSA) is 292 Å². The first-order valence-electron chi connectivity index (χ1n) is 29.2. The van der Waals surface area contributed by atoms with E-state index in [9.17, 15) is 45.3 Å². The number of carbonyl (C=O) groups is 3. The Labute approximate surface area is 574 Å². The number of hydrogen-bond donors (Lipinski definition) is 8. The summed E-state index contributed by atoms with van der Waals surface area (Å²) in [5.74, 6) is 2.14. The molecule has 21 nitrogen and oxygen atoms in total. The van der Waals surface area contributed by atoms with E-state index in [1.54, 1.807) is 27.7 Å². The van der Waals surface area contributed by atoms with E-state index in [1.165, 1.54) is 0 Å². The number of rotatable bonds is 9. The molecule has 4 aromatic carbocycles. The molecule has 23 heteroatoms. The van der Waals surface area contributed by atoms with Crippen LogP contribution in [0, 0.1) is 158 Å². The average Bonchev–Trinajstić information content (AvgIpc) is 0.841. The molecule has 8 heterocycles. The van der Waals surface area contributed by atoms with Crippen LogP contribution in [-0.4, -0.2) is 147 Å². The minimum Gasteiger partial charge on any atom is -0.507 e. The molecule has 2 unspecified atom stereocenters. The first kappa shape index (κ1) is 65.8. The van der Waals surface area contributed by atoms with Crippen LogP contribution in [0.5, 0.6) is 46.0 Å². The fourth-order valence-corrected chi connectivity index (χ4v) is 15.3. The van der Waals surface area contributed by atoms with Crippen molar-refractivity contribution in [1.29, 1.82) is 10.5 Å². The van der Waals surface area contributed by atoms with Gasteiger partial charge in [0.2, 0.25) is 31.3 Å². The summed E-state index contributed by atoms with van der Waals surface area (Å²) in [5.41, 5.74) is 17.4. The van der Waals surface area contributed by atoms with Crippen LogP contribution in [0.1, 0.15) is 136 Å². The van der Waals surface area contributed by atoms with Crippen LogP contribution >= 0.6 is 0 Å². The zero-order valence-corrected chi connectivity index (χ0v) is 60.6. The van der Waals surface area contributed by atoms with Crippen molar-refractivity contribution in [3.63, 3.8) is 0 Å². The molecule has 8 aliphatic rings. The minimum atomic E-state index is -0.763. The molecule has 12 rings (SSSR count). The Balaban J connectivity index is 0.000000203. The Morgan fingerprint density at radius 2 is 0.988 bits per heavy atom. The third kappa shape index (κ3) is 10.7. The smallest absolute Gasteiger partial charge is 0.242 e. The van der Waals surface area contributed by atoms with Crippen molar-refractivity contribution in [2.45, 2.75) is 174 Å². The number of hydrogen-bond acceptors (Lipinski definition) is 18. The Hall–Kier alpha value is -4.65. The number of aryl methyl sites for hydroxylation is 2. The molecule has 2 saturated heterocycles. The number of phenols is 4. The molecule has 4 aromatic rings. The Morgan fingerprint density at radius 3 is 1.37 bits per heavy atom. The number of nitrogens with two attached hydrogens (primary N) is 1. The molecule has 0 saturated carbocycles. The number of phenolic OH excluding ortho intramolecular Hbond substituents is 4. The second kappa shape index (κ2) is 25.3. The van der Waals surface area contributed by atoms with Gasteiger partial charge in [0.15, 0.2) is 23.0 Å². The summed E-state index contributed by atoms with van der Waals surface area (Å²) in [6, 6.07) is 4.46. The summed E-state index contributed by atoms with van der Waals surface area (Å²) in [4.78, 5) is 47.1. The summed E-state index contributed by atoms with van der Waals surface area (Å²) in [7, 11) is 4.02. The van der Waals surface area contributed by atoms with Gasteiger partial charge in [0.05, 0.1) is 42.3 Å². The average molecular weight is 1610 g/mol. The van der Waals surface area contributed by atoms with E-state index in [-0.39, 0.29) is 198 Å². The van der Waals surface area contributed by atoms with Crippen LogP contribution in [0.25, 0.3) is 0 Å². The second-order valence-corrected chi connectivity index (χ2v) is 24.9. The maximum Gasteiger partial charge on any atom is 0.242 e. The summed E-state index contributed by atoms with van der Waals surface area (Å²) < 4.78 is 23.5. The Bertz CT molecular complexity index is 3510. The summed E-state index contributed by atoms with van der Waals surface area (Å²) in [6.07, 6.45) is 2.35. The Kier molecular flexibility index (Phi) is 19.4. The van der Waals surface area contributed by atoms with Crippen molar-refractivity contribution < 1.29 is 142 Å². The fourth-order valence-electron chi connectivity index (χ4n) is 15.3. The molecule has 2 fully saturated rings. The van der Waals surface area contributed by atoms with Crippen molar-refractivity contribution in [2.75, 3.05) is 40.8 Å². The molecule has 2 radical (unpaired) electrons. The van der Waals surface area contributed by atoms with Crippen LogP contribution < -0.4 is 40.6 Å². The maximum atomic E-state index is 13.4. The van der Waals surface area contributed by atoms with Gasteiger partial charge in [0.25, 0.3) is 0 Å². The van der Waals surface area contributed by atoms with E-state index in [4.69, 9.17) is 24.7 Å². The number of carbonyl (C=O) groups excluding carboxylic acids is 3. The number of fused-ring (bicyclic) bond motifs is 18. The van der Waals surface area contributed by atoms with Crippen molar-refractivity contribution >= 4 is 17.7 Å². The van der Waals surface area contributed by atoms with Crippen LogP contribution in [0.2, 0.25) is 0 Å². The van der Waals surface area contributed by atoms with Crippen molar-refractivity contribution in [2.24, 2.45) is 11.7 Å². The van der Waals surface area contributed by atoms with Crippen molar-refractivity contribution in [3.8, 4) is 58.1 Å². The molecule has 86 heavy (non-hydrogen) atoms. The van der Waals surface area contributed by atoms with Gasteiger partial charge >= 0.3 is 0 Å². The number of benzene rings is 4. The van der Waals surface area contributed by atoms with E-state index >= 15 is 0 Å². The van der Waals surface area contributed by atoms with Crippen LogP contribution in [0.4, 0.5) is 0 Å². The quantitative estimate of drug-likeness (QED) is 0.107. The summed E-state index contributed by atoms with van der Waals surface area (Å²) >= 11 is 0. The third-order valence-electron chi connectivity index (χ3n) is 19.6. The third-order valence-corrected chi connectivity index (χ3v) is 19.6. The maximum absolute atomic E-state index is 13.4. The number of amides is 3. The Morgan fingerprint density at radius 1 is 0.593 bits per heavy atom. The molecule has 3 amide bonds. The molecule has 0 aliphatic carbocycles. The molecule has 0 spiro atoms. The van der Waals surface area contributed by atoms with Gasteiger partial charge in [-0.15, -0.1) is 0 Å². The fraction of sp³-hybridized carbons (Fsp3) is 0.540. The van der Waals surface area contributed by atoms with Crippen LogP contribution in [0.3, 0.4) is 0 Å². The second-order valence-electron chi connectivity index (χ2n) is 24.9. The summed E-state index contributed by atoms with van der Waals surface area (Å²) in [6.45, 7) is 18.9. The van der Waals surface area contributed by atoms with Crippen molar-refractivity contribution in [3.05, 3.63) is 90.0 Å². The van der Waals surface area contributed by atoms with Gasteiger partial charge in [-0.25, -0.2) is 0 Å². The monoisotopic (exact) mass is 1600 g/mol. The van der Waals surface area contributed by atoms with E-state index in [2.05, 4.69) is 59.8 Å².